The van der Waals surface area contributed by atoms with E-state index in [1.165, 1.54) is 0 Å². The summed E-state index contributed by atoms with van der Waals surface area (Å²) in [5.74, 6) is 0. The van der Waals surface area contributed by atoms with Crippen LogP contribution in [0, 0.1) is 0 Å². The molecule has 0 aliphatic heterocycles. The molecule has 0 radical (unpaired) electrons. The maximum Gasteiger partial charge on any atom is 0.0633 e. The standard InChI is InChI=1S/C10H24N2O/c1-5-7-13-9-10(12(3)4)8-11-6-2/h10-11H,5-9H2,1-4H3. The molecule has 0 aromatic carbocycles. The maximum atomic E-state index is 5.52. The van der Waals surface area contributed by atoms with E-state index in [4.69, 9.17) is 4.74 Å². The van der Waals surface area contributed by atoms with Crippen molar-refractivity contribution in [2.45, 2.75) is 26.3 Å². The zero-order valence-corrected chi connectivity index (χ0v) is 9.47. The molecule has 0 fully saturated rings. The van der Waals surface area contributed by atoms with Gasteiger partial charge in [-0.15, -0.1) is 0 Å². The van der Waals surface area contributed by atoms with Crippen molar-refractivity contribution >= 4 is 0 Å². The molecule has 0 aromatic heterocycles. The van der Waals surface area contributed by atoms with Gasteiger partial charge in [-0.2, -0.15) is 0 Å². The fourth-order valence-electron chi connectivity index (χ4n) is 1.07. The molecule has 0 spiro atoms. The summed E-state index contributed by atoms with van der Waals surface area (Å²) in [6.07, 6.45) is 1.10. The molecule has 0 saturated heterocycles. The average molecular weight is 188 g/mol. The molecule has 0 amide bonds. The Morgan fingerprint density at radius 3 is 2.46 bits per heavy atom. The monoisotopic (exact) mass is 188 g/mol. The van der Waals surface area contributed by atoms with Crippen molar-refractivity contribution in [2.75, 3.05) is 40.4 Å². The summed E-state index contributed by atoms with van der Waals surface area (Å²) in [5.41, 5.74) is 0. The minimum Gasteiger partial charge on any atom is -0.380 e. The third-order valence-corrected chi connectivity index (χ3v) is 2.02. The zero-order valence-electron chi connectivity index (χ0n) is 9.47. The Labute approximate surface area is 82.4 Å². The van der Waals surface area contributed by atoms with E-state index in [0.717, 1.165) is 32.7 Å². The van der Waals surface area contributed by atoms with Gasteiger partial charge in [0.1, 0.15) is 0 Å². The van der Waals surface area contributed by atoms with Crippen LogP contribution in [0.15, 0.2) is 0 Å². The van der Waals surface area contributed by atoms with Gasteiger partial charge in [0.25, 0.3) is 0 Å². The van der Waals surface area contributed by atoms with Gasteiger partial charge < -0.3 is 15.0 Å². The number of nitrogens with one attached hydrogen (secondary N) is 1. The Kier molecular flexibility index (Phi) is 8.40. The van der Waals surface area contributed by atoms with Crippen LogP contribution < -0.4 is 5.32 Å². The van der Waals surface area contributed by atoms with Crippen LogP contribution in [0.2, 0.25) is 0 Å². The van der Waals surface area contributed by atoms with Crippen LogP contribution in [0.4, 0.5) is 0 Å². The normalized spacial score (nSPS) is 13.6. The highest BCUT2D eigenvalue weighted by Crippen LogP contribution is 1.94. The summed E-state index contributed by atoms with van der Waals surface area (Å²) in [5, 5.41) is 3.33. The van der Waals surface area contributed by atoms with E-state index in [2.05, 4.69) is 38.2 Å². The van der Waals surface area contributed by atoms with Gasteiger partial charge in [0.15, 0.2) is 0 Å². The van der Waals surface area contributed by atoms with E-state index in [1.807, 2.05) is 0 Å². The molecule has 80 valence electrons. The van der Waals surface area contributed by atoms with Crippen molar-refractivity contribution in [2.24, 2.45) is 0 Å². The molecule has 13 heavy (non-hydrogen) atoms. The summed E-state index contributed by atoms with van der Waals surface area (Å²) in [6.45, 7) is 7.99. The van der Waals surface area contributed by atoms with Crippen molar-refractivity contribution in [3.05, 3.63) is 0 Å². The first-order valence-corrected chi connectivity index (χ1v) is 5.17. The summed E-state index contributed by atoms with van der Waals surface area (Å²) in [4.78, 5) is 2.21. The van der Waals surface area contributed by atoms with E-state index in [1.54, 1.807) is 0 Å². The van der Waals surface area contributed by atoms with Crippen molar-refractivity contribution in [1.29, 1.82) is 0 Å². The molecule has 0 aromatic rings. The highest BCUT2D eigenvalue weighted by Gasteiger charge is 2.09. The van der Waals surface area contributed by atoms with Crippen LogP contribution in [-0.4, -0.2) is 51.3 Å². The maximum absolute atomic E-state index is 5.52. The van der Waals surface area contributed by atoms with Crippen molar-refractivity contribution < 1.29 is 4.74 Å². The third-order valence-electron chi connectivity index (χ3n) is 2.02. The quantitative estimate of drug-likeness (QED) is 0.574. The smallest absolute Gasteiger partial charge is 0.0633 e. The predicted octanol–water partition coefficient (Wildman–Crippen LogP) is 0.953. The molecule has 1 atom stereocenters. The Hall–Kier alpha value is -0.120. The summed E-state index contributed by atoms with van der Waals surface area (Å²) < 4.78 is 5.52. The molecule has 3 heteroatoms. The van der Waals surface area contributed by atoms with Gasteiger partial charge in [0, 0.05) is 19.2 Å². The van der Waals surface area contributed by atoms with Crippen LogP contribution in [0.3, 0.4) is 0 Å². The van der Waals surface area contributed by atoms with Gasteiger partial charge in [-0.3, -0.25) is 0 Å². The lowest BCUT2D eigenvalue weighted by atomic mass is 10.3. The van der Waals surface area contributed by atoms with Crippen LogP contribution in [-0.2, 0) is 4.74 Å². The summed E-state index contributed by atoms with van der Waals surface area (Å²) in [7, 11) is 4.19. The van der Waals surface area contributed by atoms with E-state index >= 15 is 0 Å². The molecule has 0 bridgehead atoms. The molecule has 0 aliphatic carbocycles. The zero-order chi connectivity index (χ0) is 10.1. The topological polar surface area (TPSA) is 24.5 Å². The second-order valence-electron chi connectivity index (χ2n) is 3.50. The number of likely N-dealkylation sites (N-methyl/N-ethyl adjacent to an activating group) is 2. The third kappa shape index (κ3) is 6.99. The van der Waals surface area contributed by atoms with Crippen LogP contribution >= 0.6 is 0 Å². The van der Waals surface area contributed by atoms with Crippen LogP contribution in [0.5, 0.6) is 0 Å². The summed E-state index contributed by atoms with van der Waals surface area (Å²) >= 11 is 0. The number of rotatable bonds is 8. The van der Waals surface area contributed by atoms with E-state index in [9.17, 15) is 0 Å². The first-order chi connectivity index (χ1) is 6.22. The highest BCUT2D eigenvalue weighted by atomic mass is 16.5. The molecule has 1 N–H and O–H groups in total. The number of hydrogen-bond acceptors (Lipinski definition) is 3. The lowest BCUT2D eigenvalue weighted by molar-refractivity contribution is 0.0795. The summed E-state index contributed by atoms with van der Waals surface area (Å²) in [6, 6.07) is 0.492. The van der Waals surface area contributed by atoms with Gasteiger partial charge in [-0.25, -0.2) is 0 Å². The first-order valence-electron chi connectivity index (χ1n) is 5.17. The van der Waals surface area contributed by atoms with Gasteiger partial charge in [-0.05, 0) is 27.1 Å². The lowest BCUT2D eigenvalue weighted by Gasteiger charge is -2.24. The Morgan fingerprint density at radius 1 is 1.31 bits per heavy atom. The predicted molar refractivity (Wildman–Crippen MR) is 57.1 cm³/mol. The van der Waals surface area contributed by atoms with Crippen LogP contribution in [0.1, 0.15) is 20.3 Å². The Balaban J connectivity index is 3.54. The first kappa shape index (κ1) is 12.9. The van der Waals surface area contributed by atoms with E-state index in [-0.39, 0.29) is 0 Å². The number of nitrogens with zero attached hydrogens (tertiary/aromatic N) is 1. The average Bonchev–Trinajstić information content (AvgIpc) is 2.10. The second-order valence-corrected chi connectivity index (χ2v) is 3.50. The van der Waals surface area contributed by atoms with Crippen molar-refractivity contribution in [3.63, 3.8) is 0 Å². The largest absolute Gasteiger partial charge is 0.380 e. The Bertz CT molecular complexity index is 107. The highest BCUT2D eigenvalue weighted by molar-refractivity contribution is 4.67. The lowest BCUT2D eigenvalue weighted by Crippen LogP contribution is -2.41. The minimum atomic E-state index is 0.492. The SMILES string of the molecule is CCCOCC(CNCC)N(C)C. The fraction of sp³-hybridized carbons (Fsp3) is 1.00. The van der Waals surface area contributed by atoms with E-state index in [0.29, 0.717) is 6.04 Å². The van der Waals surface area contributed by atoms with Gasteiger partial charge in [0.05, 0.1) is 6.61 Å². The molecule has 3 nitrogen and oxygen atoms in total. The van der Waals surface area contributed by atoms with Crippen molar-refractivity contribution in [1.82, 2.24) is 10.2 Å². The van der Waals surface area contributed by atoms with Gasteiger partial charge in [-0.1, -0.05) is 13.8 Å². The number of ether oxygens (including phenoxy) is 1. The minimum absolute atomic E-state index is 0.492. The van der Waals surface area contributed by atoms with Gasteiger partial charge >= 0.3 is 0 Å². The molecular formula is C10H24N2O. The molecule has 0 saturated carbocycles. The molecular weight excluding hydrogens is 164 g/mol. The van der Waals surface area contributed by atoms with Gasteiger partial charge in [0.2, 0.25) is 0 Å². The molecule has 0 aliphatic rings. The number of hydrogen-bond donors (Lipinski definition) is 1. The molecule has 0 heterocycles. The van der Waals surface area contributed by atoms with Crippen molar-refractivity contribution in [3.8, 4) is 0 Å². The molecule has 0 rings (SSSR count). The molecule has 1 unspecified atom stereocenters. The fourth-order valence-corrected chi connectivity index (χ4v) is 1.07. The second kappa shape index (κ2) is 8.48. The van der Waals surface area contributed by atoms with E-state index < -0.39 is 0 Å². The van der Waals surface area contributed by atoms with Crippen LogP contribution in [0.25, 0.3) is 0 Å². The Morgan fingerprint density at radius 2 is 2.00 bits per heavy atom.